The summed E-state index contributed by atoms with van der Waals surface area (Å²) in [5.74, 6) is 0.671. The Morgan fingerprint density at radius 3 is 2.37 bits per heavy atom. The maximum atomic E-state index is 13.6. The van der Waals surface area contributed by atoms with Gasteiger partial charge >= 0.3 is 0 Å². The lowest BCUT2D eigenvalue weighted by Gasteiger charge is -2.53. The Bertz CT molecular complexity index is 1290. The second kappa shape index (κ2) is 12.1. The number of nitrogens with zero attached hydrogens (tertiary/aromatic N) is 3. The summed E-state index contributed by atoms with van der Waals surface area (Å²) in [5, 5.41) is 12.3. The molecular formula is C34H47N3O4. The van der Waals surface area contributed by atoms with E-state index in [0.29, 0.717) is 36.6 Å². The number of rotatable bonds is 7. The number of pyridine rings is 1. The maximum Gasteiger partial charge on any atom is 0.255 e. The molecule has 1 spiro atoms. The first-order valence-electron chi connectivity index (χ1n) is 15.7. The van der Waals surface area contributed by atoms with Gasteiger partial charge in [0.25, 0.3) is 11.5 Å². The molecule has 41 heavy (non-hydrogen) atoms. The van der Waals surface area contributed by atoms with Crippen LogP contribution in [0.1, 0.15) is 87.9 Å². The van der Waals surface area contributed by atoms with Crippen LogP contribution >= 0.6 is 0 Å². The number of carbonyl (C=O) groups is 2. The Kier molecular flexibility index (Phi) is 8.74. The van der Waals surface area contributed by atoms with Gasteiger partial charge < -0.3 is 19.5 Å². The first-order valence-corrected chi connectivity index (χ1v) is 15.7. The predicted molar refractivity (Wildman–Crippen MR) is 162 cm³/mol. The number of aromatic nitrogens is 1. The fourth-order valence-electron chi connectivity index (χ4n) is 7.87. The van der Waals surface area contributed by atoms with Gasteiger partial charge in [-0.1, -0.05) is 82.2 Å². The molecule has 2 amide bonds. The van der Waals surface area contributed by atoms with E-state index in [2.05, 4.69) is 6.92 Å². The third-order valence-corrected chi connectivity index (χ3v) is 10.3. The monoisotopic (exact) mass is 561 g/mol. The van der Waals surface area contributed by atoms with E-state index in [0.717, 1.165) is 37.7 Å². The molecule has 222 valence electrons. The van der Waals surface area contributed by atoms with Gasteiger partial charge in [-0.05, 0) is 37.2 Å². The summed E-state index contributed by atoms with van der Waals surface area (Å²) >= 11 is 0. The van der Waals surface area contributed by atoms with E-state index in [-0.39, 0.29) is 29.8 Å². The summed E-state index contributed by atoms with van der Waals surface area (Å²) in [6.07, 6.45) is 13.0. The second-order valence-corrected chi connectivity index (χ2v) is 13.3. The Labute approximate surface area is 244 Å². The number of amides is 2. The van der Waals surface area contributed by atoms with Gasteiger partial charge in [0.05, 0.1) is 17.7 Å². The van der Waals surface area contributed by atoms with E-state index in [1.165, 1.54) is 47.6 Å². The highest BCUT2D eigenvalue weighted by molar-refractivity contribution is 6.00. The quantitative estimate of drug-likeness (QED) is 0.494. The summed E-state index contributed by atoms with van der Waals surface area (Å²) in [6, 6.07) is 11.0. The van der Waals surface area contributed by atoms with Crippen molar-refractivity contribution in [3.05, 3.63) is 58.5 Å². The molecule has 2 aromatic rings. The summed E-state index contributed by atoms with van der Waals surface area (Å²) in [4.78, 5) is 43.9. The molecule has 3 fully saturated rings. The zero-order chi connectivity index (χ0) is 29.2. The van der Waals surface area contributed by atoms with Gasteiger partial charge in [0.15, 0.2) is 0 Å². The van der Waals surface area contributed by atoms with Crippen LogP contribution in [0.15, 0.2) is 47.4 Å². The van der Waals surface area contributed by atoms with E-state index in [9.17, 15) is 19.5 Å². The van der Waals surface area contributed by atoms with E-state index in [1.54, 1.807) is 20.3 Å². The Morgan fingerprint density at radius 2 is 1.71 bits per heavy atom. The number of hydrogen-bond acceptors (Lipinski definition) is 4. The number of carbonyl (C=O) groups excluding carboxylic acids is 2. The fraction of sp³-hybridized carbons (Fsp3) is 0.618. The molecular weight excluding hydrogens is 514 g/mol. The highest BCUT2D eigenvalue weighted by Gasteiger charge is 2.55. The lowest BCUT2D eigenvalue weighted by molar-refractivity contribution is -0.163. The van der Waals surface area contributed by atoms with Crippen molar-refractivity contribution in [3.8, 4) is 11.1 Å². The Hall–Kier alpha value is -2.93. The molecule has 1 N–H and O–H groups in total. The largest absolute Gasteiger partial charge is 0.387 e. The van der Waals surface area contributed by atoms with Crippen LogP contribution in [0, 0.1) is 17.3 Å². The Balaban J connectivity index is 1.40. The van der Waals surface area contributed by atoms with Crippen molar-refractivity contribution < 1.29 is 14.7 Å². The maximum absolute atomic E-state index is 13.6. The van der Waals surface area contributed by atoms with Gasteiger partial charge in [-0.25, -0.2) is 0 Å². The third kappa shape index (κ3) is 6.01. The van der Waals surface area contributed by atoms with Crippen LogP contribution in [0.2, 0.25) is 0 Å². The highest BCUT2D eigenvalue weighted by atomic mass is 16.3. The average Bonchev–Trinajstić information content (AvgIpc) is 3.45. The molecule has 1 unspecified atom stereocenters. The number of hydrogen-bond donors (Lipinski definition) is 1. The molecule has 2 saturated carbocycles. The normalized spacial score (nSPS) is 23.5. The summed E-state index contributed by atoms with van der Waals surface area (Å²) in [6.45, 7) is 3.23. The van der Waals surface area contributed by atoms with Crippen LogP contribution in [0.25, 0.3) is 11.1 Å². The van der Waals surface area contributed by atoms with Crippen molar-refractivity contribution in [1.29, 1.82) is 0 Å². The molecule has 7 nitrogen and oxygen atoms in total. The predicted octanol–water partition coefficient (Wildman–Crippen LogP) is 5.35. The minimum absolute atomic E-state index is 0.00417. The molecule has 3 aliphatic rings. The van der Waals surface area contributed by atoms with Gasteiger partial charge in [-0.3, -0.25) is 14.4 Å². The molecule has 2 atom stereocenters. The van der Waals surface area contributed by atoms with Crippen LogP contribution in [0.3, 0.4) is 0 Å². The highest BCUT2D eigenvalue weighted by Crippen LogP contribution is 2.52. The van der Waals surface area contributed by atoms with E-state index >= 15 is 0 Å². The molecule has 5 rings (SSSR count). The van der Waals surface area contributed by atoms with E-state index in [1.807, 2.05) is 35.2 Å². The van der Waals surface area contributed by atoms with Crippen molar-refractivity contribution in [2.24, 2.45) is 17.3 Å². The van der Waals surface area contributed by atoms with Crippen molar-refractivity contribution in [2.75, 3.05) is 27.2 Å². The van der Waals surface area contributed by atoms with Gasteiger partial charge in [0, 0.05) is 56.3 Å². The van der Waals surface area contributed by atoms with Crippen LogP contribution < -0.4 is 5.56 Å². The summed E-state index contributed by atoms with van der Waals surface area (Å²) in [7, 11) is 3.41. The number of piperidine rings is 1. The molecule has 1 aromatic heterocycles. The zero-order valence-corrected chi connectivity index (χ0v) is 25.1. The molecule has 1 aliphatic heterocycles. The molecule has 2 aliphatic carbocycles. The molecule has 7 heteroatoms. The summed E-state index contributed by atoms with van der Waals surface area (Å²) < 4.78 is 1.53. The molecule has 1 saturated heterocycles. The average molecular weight is 562 g/mol. The van der Waals surface area contributed by atoms with Crippen LogP contribution in [0.5, 0.6) is 0 Å². The van der Waals surface area contributed by atoms with Crippen LogP contribution in [-0.4, -0.2) is 64.1 Å². The number of benzene rings is 1. The second-order valence-electron chi connectivity index (χ2n) is 13.3. The standard InChI is InChI=1S/C34H47N3O4/c1-25(20-26-12-6-4-7-13-26)31(39)36-19-18-34(41,33(23-36)16-10-11-17-33)24-37-22-29(32(40)35(2)3)28(21-30(37)38)27-14-8-5-9-15-27/h5,8-9,14-15,21-22,25-26,41H,4,6-7,10-13,16-20,23-24H2,1-3H3/t25?,34-/m1/s1. The lowest BCUT2D eigenvalue weighted by atomic mass is 9.65. The zero-order valence-electron chi connectivity index (χ0n) is 25.1. The van der Waals surface area contributed by atoms with Gasteiger partial charge in [-0.2, -0.15) is 0 Å². The minimum Gasteiger partial charge on any atom is -0.387 e. The SMILES string of the molecule is CC(CC1CCCCC1)C(=O)N1CC[C@@](O)(Cn2cc(C(=O)N(C)C)c(-c3ccccc3)cc2=O)C2(CCCC2)C1. The van der Waals surface area contributed by atoms with Crippen molar-refractivity contribution in [1.82, 2.24) is 14.4 Å². The topological polar surface area (TPSA) is 82.8 Å². The van der Waals surface area contributed by atoms with Crippen molar-refractivity contribution in [3.63, 3.8) is 0 Å². The molecule has 1 aromatic carbocycles. The molecule has 2 heterocycles. The molecule has 0 bridgehead atoms. The third-order valence-electron chi connectivity index (χ3n) is 10.3. The van der Waals surface area contributed by atoms with Gasteiger partial charge in [-0.15, -0.1) is 0 Å². The first-order chi connectivity index (χ1) is 19.6. The first kappa shape index (κ1) is 29.6. The number of likely N-dealkylation sites (tertiary alicyclic amines) is 1. The van der Waals surface area contributed by atoms with Crippen molar-refractivity contribution >= 4 is 11.8 Å². The Morgan fingerprint density at radius 1 is 1.02 bits per heavy atom. The van der Waals surface area contributed by atoms with Crippen LogP contribution in [-0.2, 0) is 11.3 Å². The molecule has 0 radical (unpaired) electrons. The fourth-order valence-corrected chi connectivity index (χ4v) is 7.87. The lowest BCUT2D eigenvalue weighted by Crippen LogP contribution is -2.62. The van der Waals surface area contributed by atoms with E-state index < -0.39 is 11.0 Å². The van der Waals surface area contributed by atoms with Gasteiger partial charge in [0.1, 0.15) is 0 Å². The van der Waals surface area contributed by atoms with Crippen molar-refractivity contribution in [2.45, 2.75) is 89.7 Å². The van der Waals surface area contributed by atoms with Gasteiger partial charge in [0.2, 0.25) is 5.91 Å². The number of aliphatic hydroxyl groups is 1. The van der Waals surface area contributed by atoms with E-state index in [4.69, 9.17) is 0 Å². The minimum atomic E-state index is -1.14. The summed E-state index contributed by atoms with van der Waals surface area (Å²) in [5.41, 5.74) is 0.0231. The van der Waals surface area contributed by atoms with Crippen LogP contribution in [0.4, 0.5) is 0 Å². The smallest absolute Gasteiger partial charge is 0.255 e.